The Morgan fingerprint density at radius 1 is 1.14 bits per heavy atom. The molecule has 1 aliphatic carbocycles. The van der Waals surface area contributed by atoms with Crippen molar-refractivity contribution < 1.29 is 23.9 Å². The van der Waals surface area contributed by atoms with Crippen LogP contribution in [0.25, 0.3) is 0 Å². The predicted molar refractivity (Wildman–Crippen MR) is 138 cm³/mol. The molecule has 202 valence electrons. The topological polar surface area (TPSA) is 155 Å². The molecule has 2 atom stereocenters. The Morgan fingerprint density at radius 3 is 2.27 bits per heavy atom. The van der Waals surface area contributed by atoms with Crippen molar-refractivity contribution in [2.24, 2.45) is 5.73 Å². The van der Waals surface area contributed by atoms with Crippen molar-refractivity contribution in [2.45, 2.75) is 96.4 Å². The Hall–Kier alpha value is -3.61. The molecule has 0 saturated heterocycles. The van der Waals surface area contributed by atoms with Crippen LogP contribution in [0.3, 0.4) is 0 Å². The number of nitrogens with one attached hydrogen (secondary N) is 2. The third-order valence-electron chi connectivity index (χ3n) is 6.13. The van der Waals surface area contributed by atoms with E-state index >= 15 is 0 Å². The number of rotatable bonds is 10. The van der Waals surface area contributed by atoms with Crippen LogP contribution in [0.1, 0.15) is 83.4 Å². The van der Waals surface area contributed by atoms with Crippen LogP contribution >= 0.6 is 0 Å². The first-order chi connectivity index (χ1) is 17.4. The zero-order valence-corrected chi connectivity index (χ0v) is 22.2. The van der Waals surface area contributed by atoms with E-state index in [9.17, 15) is 24.4 Å². The van der Waals surface area contributed by atoms with E-state index in [1.165, 1.54) is 0 Å². The highest BCUT2D eigenvalue weighted by atomic mass is 16.6. The van der Waals surface area contributed by atoms with E-state index in [0.717, 1.165) is 49.0 Å². The van der Waals surface area contributed by atoms with Crippen LogP contribution in [-0.4, -0.2) is 52.9 Å². The fourth-order valence-corrected chi connectivity index (χ4v) is 4.36. The number of primary amides is 1. The SMILES string of the molecule is CCc1ccc(C(C(=O)NC2CCCCC2)N(CC#N)C(=O)C(CC(N)=O)NC(=O)OC(C)(C)C)cc1. The second kappa shape index (κ2) is 13.6. The molecule has 0 heterocycles. The van der Waals surface area contributed by atoms with Crippen molar-refractivity contribution >= 4 is 23.8 Å². The van der Waals surface area contributed by atoms with E-state index in [4.69, 9.17) is 10.5 Å². The summed E-state index contributed by atoms with van der Waals surface area (Å²) in [4.78, 5) is 52.7. The standard InChI is InChI=1S/C27H39N5O5/c1-5-18-11-13-19(14-12-18)23(24(34)30-20-9-7-6-8-10-20)32(16-15-28)25(35)21(17-22(29)33)31-26(36)37-27(2,3)4/h11-14,20-21,23H,5-10,16-17H2,1-4H3,(H2,29,33)(H,30,34)(H,31,36). The zero-order chi connectivity index (χ0) is 27.6. The molecule has 0 aromatic heterocycles. The molecule has 10 heteroatoms. The van der Waals surface area contributed by atoms with Gasteiger partial charge in [-0.15, -0.1) is 0 Å². The minimum absolute atomic E-state index is 0.0287. The Balaban J connectivity index is 2.44. The van der Waals surface area contributed by atoms with Crippen LogP contribution in [0, 0.1) is 11.3 Å². The Kier molecular flexibility index (Phi) is 10.9. The van der Waals surface area contributed by atoms with Gasteiger partial charge < -0.3 is 26.0 Å². The van der Waals surface area contributed by atoms with Gasteiger partial charge in [0.15, 0.2) is 0 Å². The largest absolute Gasteiger partial charge is 0.444 e. The summed E-state index contributed by atoms with van der Waals surface area (Å²) in [5.41, 5.74) is 6.08. The second-order valence-electron chi connectivity index (χ2n) is 10.3. The van der Waals surface area contributed by atoms with Gasteiger partial charge in [0.05, 0.1) is 12.5 Å². The predicted octanol–water partition coefficient (Wildman–Crippen LogP) is 2.86. The van der Waals surface area contributed by atoms with Gasteiger partial charge in [0, 0.05) is 6.04 Å². The minimum Gasteiger partial charge on any atom is -0.444 e. The van der Waals surface area contributed by atoms with Crippen molar-refractivity contribution in [3.63, 3.8) is 0 Å². The van der Waals surface area contributed by atoms with Crippen molar-refractivity contribution in [1.82, 2.24) is 15.5 Å². The van der Waals surface area contributed by atoms with E-state index in [0.29, 0.717) is 5.56 Å². The number of nitriles is 1. The summed E-state index contributed by atoms with van der Waals surface area (Å²) < 4.78 is 5.24. The maximum absolute atomic E-state index is 13.7. The molecule has 0 aliphatic heterocycles. The molecule has 1 aromatic carbocycles. The van der Waals surface area contributed by atoms with Crippen LogP contribution in [0.15, 0.2) is 24.3 Å². The molecule has 1 fully saturated rings. The van der Waals surface area contributed by atoms with Gasteiger partial charge in [-0.25, -0.2) is 4.79 Å². The van der Waals surface area contributed by atoms with Gasteiger partial charge >= 0.3 is 6.09 Å². The van der Waals surface area contributed by atoms with Crippen LogP contribution < -0.4 is 16.4 Å². The van der Waals surface area contributed by atoms with E-state index in [1.54, 1.807) is 32.9 Å². The molecule has 1 saturated carbocycles. The highest BCUT2D eigenvalue weighted by molar-refractivity contribution is 5.94. The highest BCUT2D eigenvalue weighted by Crippen LogP contribution is 2.25. The first kappa shape index (κ1) is 29.6. The number of carbonyl (C=O) groups excluding carboxylic acids is 4. The van der Waals surface area contributed by atoms with Crippen molar-refractivity contribution in [2.75, 3.05) is 6.54 Å². The molecule has 37 heavy (non-hydrogen) atoms. The third kappa shape index (κ3) is 9.41. The fraction of sp³-hybridized carbons (Fsp3) is 0.593. The molecule has 0 spiro atoms. The van der Waals surface area contributed by atoms with Crippen molar-refractivity contribution in [3.8, 4) is 6.07 Å². The summed E-state index contributed by atoms with van der Waals surface area (Å²) >= 11 is 0. The van der Waals surface area contributed by atoms with Gasteiger partial charge in [-0.3, -0.25) is 14.4 Å². The van der Waals surface area contributed by atoms with Crippen LogP contribution in [0.5, 0.6) is 0 Å². The molecular formula is C27H39N5O5. The summed E-state index contributed by atoms with van der Waals surface area (Å²) in [5.74, 6) is -2.04. The molecule has 1 aliphatic rings. The smallest absolute Gasteiger partial charge is 0.408 e. The maximum Gasteiger partial charge on any atom is 0.408 e. The number of amides is 4. The summed E-state index contributed by atoms with van der Waals surface area (Å²) in [6, 6.07) is 6.60. The average molecular weight is 514 g/mol. The molecule has 1 aromatic rings. The number of hydrogen-bond acceptors (Lipinski definition) is 6. The van der Waals surface area contributed by atoms with Gasteiger partial charge in [-0.05, 0) is 51.2 Å². The van der Waals surface area contributed by atoms with E-state index in [1.807, 2.05) is 25.1 Å². The lowest BCUT2D eigenvalue weighted by Gasteiger charge is -2.34. The van der Waals surface area contributed by atoms with Crippen LogP contribution in [0.2, 0.25) is 0 Å². The number of nitrogens with two attached hydrogens (primary N) is 1. The number of alkyl carbamates (subject to hydrolysis) is 1. The molecule has 2 rings (SSSR count). The number of hydrogen-bond donors (Lipinski definition) is 3. The highest BCUT2D eigenvalue weighted by Gasteiger charge is 2.37. The lowest BCUT2D eigenvalue weighted by molar-refractivity contribution is -0.143. The summed E-state index contributed by atoms with van der Waals surface area (Å²) in [6.07, 6.45) is 4.14. The Labute approximate surface area is 218 Å². The number of carbonyl (C=O) groups is 4. The third-order valence-corrected chi connectivity index (χ3v) is 6.13. The first-order valence-corrected chi connectivity index (χ1v) is 12.8. The summed E-state index contributed by atoms with van der Waals surface area (Å²) in [6.45, 7) is 6.54. The fourth-order valence-electron chi connectivity index (χ4n) is 4.36. The minimum atomic E-state index is -1.42. The molecule has 4 amide bonds. The monoisotopic (exact) mass is 513 g/mol. The maximum atomic E-state index is 13.7. The summed E-state index contributed by atoms with van der Waals surface area (Å²) in [7, 11) is 0. The lowest BCUT2D eigenvalue weighted by Crippen LogP contribution is -2.54. The second-order valence-corrected chi connectivity index (χ2v) is 10.3. The normalized spacial score (nSPS) is 15.5. The lowest BCUT2D eigenvalue weighted by atomic mass is 9.94. The first-order valence-electron chi connectivity index (χ1n) is 12.8. The molecule has 0 bridgehead atoms. The Bertz CT molecular complexity index is 990. The average Bonchev–Trinajstić information content (AvgIpc) is 2.82. The van der Waals surface area contributed by atoms with Crippen molar-refractivity contribution in [1.29, 1.82) is 5.26 Å². The molecular weight excluding hydrogens is 474 g/mol. The van der Waals surface area contributed by atoms with Gasteiger partial charge in [0.2, 0.25) is 17.7 Å². The van der Waals surface area contributed by atoms with Gasteiger partial charge in [0.25, 0.3) is 0 Å². The zero-order valence-electron chi connectivity index (χ0n) is 22.2. The van der Waals surface area contributed by atoms with Gasteiger partial charge in [-0.2, -0.15) is 5.26 Å². The number of nitrogens with zero attached hydrogens (tertiary/aromatic N) is 2. The van der Waals surface area contributed by atoms with Crippen molar-refractivity contribution in [3.05, 3.63) is 35.4 Å². The van der Waals surface area contributed by atoms with E-state index in [2.05, 4.69) is 10.6 Å². The number of aryl methyl sites for hydroxylation is 1. The van der Waals surface area contributed by atoms with Crippen LogP contribution in [-0.2, 0) is 25.5 Å². The molecule has 4 N–H and O–H groups in total. The molecule has 10 nitrogen and oxygen atoms in total. The molecule has 0 radical (unpaired) electrons. The Morgan fingerprint density at radius 2 is 1.76 bits per heavy atom. The summed E-state index contributed by atoms with van der Waals surface area (Å²) in [5, 5.41) is 15.0. The van der Waals surface area contributed by atoms with Gasteiger partial charge in [-0.1, -0.05) is 50.5 Å². The van der Waals surface area contributed by atoms with E-state index < -0.39 is 54.5 Å². The van der Waals surface area contributed by atoms with Gasteiger partial charge in [0.1, 0.15) is 24.2 Å². The van der Waals surface area contributed by atoms with Crippen LogP contribution in [0.4, 0.5) is 4.79 Å². The number of ether oxygens (including phenoxy) is 1. The van der Waals surface area contributed by atoms with E-state index in [-0.39, 0.29) is 6.04 Å². The number of benzene rings is 1. The molecule has 2 unspecified atom stereocenters. The quantitative estimate of drug-likeness (QED) is 0.409.